The van der Waals surface area contributed by atoms with E-state index < -0.39 is 0 Å². The third-order valence-electron chi connectivity index (χ3n) is 4.16. The van der Waals surface area contributed by atoms with Gasteiger partial charge in [0.25, 0.3) is 0 Å². The van der Waals surface area contributed by atoms with E-state index in [9.17, 15) is 4.79 Å². The lowest BCUT2D eigenvalue weighted by Crippen LogP contribution is -2.46. The molecule has 0 aliphatic carbocycles. The summed E-state index contributed by atoms with van der Waals surface area (Å²) in [6.45, 7) is 5.36. The Kier molecular flexibility index (Phi) is 6.21. The number of aryl methyl sites for hydroxylation is 1. The summed E-state index contributed by atoms with van der Waals surface area (Å²) in [5.41, 5.74) is 8.05. The summed E-state index contributed by atoms with van der Waals surface area (Å²) in [7, 11) is 0. The number of likely N-dealkylation sites (tertiary alicyclic amines) is 1. The molecule has 0 spiro atoms. The number of piperidine rings is 1. The highest BCUT2D eigenvalue weighted by Crippen LogP contribution is 2.19. The second-order valence-corrected chi connectivity index (χ2v) is 5.95. The van der Waals surface area contributed by atoms with Crippen LogP contribution in [0.4, 0.5) is 0 Å². The van der Waals surface area contributed by atoms with Gasteiger partial charge in [-0.15, -0.1) is 0 Å². The third kappa shape index (κ3) is 5.14. The number of amides is 1. The Labute approximate surface area is 127 Å². The molecule has 21 heavy (non-hydrogen) atoms. The predicted molar refractivity (Wildman–Crippen MR) is 85.9 cm³/mol. The number of nitrogens with zero attached hydrogens (tertiary/aromatic N) is 1. The lowest BCUT2D eigenvalue weighted by Gasteiger charge is -2.36. The highest BCUT2D eigenvalue weighted by atomic mass is 16.1. The zero-order chi connectivity index (χ0) is 15.1. The van der Waals surface area contributed by atoms with E-state index in [4.69, 9.17) is 5.73 Å². The van der Waals surface area contributed by atoms with Crippen LogP contribution in [0.1, 0.15) is 36.8 Å². The molecule has 1 aliphatic heterocycles. The molecule has 0 saturated carbocycles. The first-order valence-corrected chi connectivity index (χ1v) is 7.95. The number of nitrogens with two attached hydrogens (primary N) is 1. The summed E-state index contributed by atoms with van der Waals surface area (Å²) < 4.78 is 0. The molecule has 1 unspecified atom stereocenters. The maximum Gasteiger partial charge on any atom is 0.221 e. The molecule has 1 heterocycles. The molecular formula is C17H27N3O. The molecule has 0 bridgehead atoms. The minimum absolute atomic E-state index is 0.0679. The van der Waals surface area contributed by atoms with Crippen molar-refractivity contribution in [2.75, 3.05) is 19.6 Å². The smallest absolute Gasteiger partial charge is 0.221 e. The van der Waals surface area contributed by atoms with E-state index in [0.717, 1.165) is 26.1 Å². The molecule has 3 N–H and O–H groups in total. The van der Waals surface area contributed by atoms with Gasteiger partial charge in [0.1, 0.15) is 0 Å². The van der Waals surface area contributed by atoms with Crippen LogP contribution in [0.15, 0.2) is 24.3 Å². The minimum atomic E-state index is 0.0679. The molecule has 0 radical (unpaired) electrons. The van der Waals surface area contributed by atoms with Gasteiger partial charge in [-0.05, 0) is 31.9 Å². The van der Waals surface area contributed by atoms with Crippen molar-refractivity contribution in [1.29, 1.82) is 0 Å². The van der Waals surface area contributed by atoms with E-state index in [-0.39, 0.29) is 5.91 Å². The highest BCUT2D eigenvalue weighted by molar-refractivity contribution is 5.76. The molecule has 1 aromatic carbocycles. The quantitative estimate of drug-likeness (QED) is 0.840. The first-order valence-electron chi connectivity index (χ1n) is 7.95. The van der Waals surface area contributed by atoms with Crippen LogP contribution < -0.4 is 11.1 Å². The fourth-order valence-electron chi connectivity index (χ4n) is 2.88. The second kappa shape index (κ2) is 8.15. The van der Waals surface area contributed by atoms with Crippen LogP contribution >= 0.6 is 0 Å². The van der Waals surface area contributed by atoms with Gasteiger partial charge >= 0.3 is 0 Å². The van der Waals surface area contributed by atoms with E-state index in [2.05, 4.69) is 41.4 Å². The molecule has 1 aliphatic rings. The Balaban J connectivity index is 1.89. The maximum absolute atomic E-state index is 11.6. The van der Waals surface area contributed by atoms with Crippen molar-refractivity contribution in [2.24, 2.45) is 5.73 Å². The number of benzene rings is 1. The van der Waals surface area contributed by atoms with Gasteiger partial charge in [-0.3, -0.25) is 9.69 Å². The molecule has 1 saturated heterocycles. The van der Waals surface area contributed by atoms with E-state index in [1.165, 1.54) is 24.0 Å². The van der Waals surface area contributed by atoms with Crippen LogP contribution in [-0.2, 0) is 11.3 Å². The molecule has 0 aromatic heterocycles. The lowest BCUT2D eigenvalue weighted by molar-refractivity contribution is -0.121. The molecular weight excluding hydrogens is 262 g/mol. The molecule has 1 aromatic rings. The summed E-state index contributed by atoms with van der Waals surface area (Å²) in [5.74, 6) is 0.0679. The third-order valence-corrected chi connectivity index (χ3v) is 4.16. The van der Waals surface area contributed by atoms with Crippen LogP contribution in [0.2, 0.25) is 0 Å². The van der Waals surface area contributed by atoms with Gasteiger partial charge in [-0.25, -0.2) is 0 Å². The molecule has 2 rings (SSSR count). The molecule has 4 nitrogen and oxygen atoms in total. The van der Waals surface area contributed by atoms with E-state index in [0.29, 0.717) is 19.0 Å². The Morgan fingerprint density at radius 3 is 2.81 bits per heavy atom. The van der Waals surface area contributed by atoms with Gasteiger partial charge in [-0.1, -0.05) is 36.2 Å². The summed E-state index contributed by atoms with van der Waals surface area (Å²) >= 11 is 0. The summed E-state index contributed by atoms with van der Waals surface area (Å²) in [6, 6.07) is 9.18. The average molecular weight is 289 g/mol. The second-order valence-electron chi connectivity index (χ2n) is 5.95. The van der Waals surface area contributed by atoms with Gasteiger partial charge in [0.05, 0.1) is 0 Å². The van der Waals surface area contributed by atoms with Crippen molar-refractivity contribution >= 4 is 5.91 Å². The molecule has 1 amide bonds. The zero-order valence-electron chi connectivity index (χ0n) is 13.0. The first-order chi connectivity index (χ1) is 10.2. The van der Waals surface area contributed by atoms with Gasteiger partial charge < -0.3 is 11.1 Å². The van der Waals surface area contributed by atoms with Crippen LogP contribution in [0, 0.1) is 6.92 Å². The van der Waals surface area contributed by atoms with Crippen molar-refractivity contribution in [2.45, 2.75) is 45.2 Å². The number of carbonyl (C=O) groups is 1. The van der Waals surface area contributed by atoms with Gasteiger partial charge in [0.2, 0.25) is 5.91 Å². The lowest BCUT2D eigenvalue weighted by atomic mass is 10.0. The SMILES string of the molecule is Cc1ccc(CN2CCCCC2CNC(=O)CCN)cc1. The van der Waals surface area contributed by atoms with Crippen LogP contribution in [0.5, 0.6) is 0 Å². The first kappa shape index (κ1) is 16.0. The predicted octanol–water partition coefficient (Wildman–Crippen LogP) is 1.81. The number of nitrogens with one attached hydrogen (secondary N) is 1. The maximum atomic E-state index is 11.6. The van der Waals surface area contributed by atoms with Crippen LogP contribution in [0.3, 0.4) is 0 Å². The number of hydrogen-bond acceptors (Lipinski definition) is 3. The topological polar surface area (TPSA) is 58.4 Å². The van der Waals surface area contributed by atoms with Crippen LogP contribution in [0.25, 0.3) is 0 Å². The molecule has 1 fully saturated rings. The van der Waals surface area contributed by atoms with Gasteiger partial charge in [-0.2, -0.15) is 0 Å². The number of hydrogen-bond donors (Lipinski definition) is 2. The Morgan fingerprint density at radius 1 is 1.33 bits per heavy atom. The largest absolute Gasteiger partial charge is 0.354 e. The fraction of sp³-hybridized carbons (Fsp3) is 0.588. The Morgan fingerprint density at radius 2 is 2.10 bits per heavy atom. The standard InChI is InChI=1S/C17H27N3O/c1-14-5-7-15(8-6-14)13-20-11-3-2-4-16(20)12-19-17(21)9-10-18/h5-8,16H,2-4,9-13,18H2,1H3,(H,19,21). The summed E-state index contributed by atoms with van der Waals surface area (Å²) in [5, 5.41) is 3.02. The van der Waals surface area contributed by atoms with Crippen molar-refractivity contribution in [3.8, 4) is 0 Å². The van der Waals surface area contributed by atoms with Gasteiger partial charge in [0, 0.05) is 32.1 Å². The summed E-state index contributed by atoms with van der Waals surface area (Å²) in [4.78, 5) is 14.1. The minimum Gasteiger partial charge on any atom is -0.354 e. The Bertz CT molecular complexity index is 444. The fourth-order valence-corrected chi connectivity index (χ4v) is 2.88. The summed E-state index contributed by atoms with van der Waals surface area (Å²) in [6.07, 6.45) is 4.08. The van der Waals surface area contributed by atoms with Crippen molar-refractivity contribution in [3.63, 3.8) is 0 Å². The Hall–Kier alpha value is -1.39. The van der Waals surface area contributed by atoms with E-state index in [1.54, 1.807) is 0 Å². The van der Waals surface area contributed by atoms with E-state index >= 15 is 0 Å². The number of carbonyl (C=O) groups excluding carboxylic acids is 1. The zero-order valence-corrected chi connectivity index (χ0v) is 13.0. The average Bonchev–Trinajstić information content (AvgIpc) is 2.49. The van der Waals surface area contributed by atoms with Crippen molar-refractivity contribution < 1.29 is 4.79 Å². The van der Waals surface area contributed by atoms with Gasteiger partial charge in [0.15, 0.2) is 0 Å². The monoisotopic (exact) mass is 289 g/mol. The molecule has 1 atom stereocenters. The molecule has 4 heteroatoms. The highest BCUT2D eigenvalue weighted by Gasteiger charge is 2.22. The van der Waals surface area contributed by atoms with Crippen LogP contribution in [-0.4, -0.2) is 36.5 Å². The van der Waals surface area contributed by atoms with Crippen molar-refractivity contribution in [1.82, 2.24) is 10.2 Å². The van der Waals surface area contributed by atoms with Crippen molar-refractivity contribution in [3.05, 3.63) is 35.4 Å². The van der Waals surface area contributed by atoms with E-state index in [1.807, 2.05) is 0 Å². The normalized spacial score (nSPS) is 19.4. The number of rotatable bonds is 6. The molecule has 116 valence electrons.